The molecule has 1 amide bonds. The number of nitrogens with one attached hydrogen (secondary N) is 1. The van der Waals surface area contributed by atoms with Crippen molar-refractivity contribution >= 4 is 28.7 Å². The molecule has 0 spiro atoms. The summed E-state index contributed by atoms with van der Waals surface area (Å²) in [4.78, 5) is 41.4. The first-order chi connectivity index (χ1) is 17.4. The van der Waals surface area contributed by atoms with Crippen molar-refractivity contribution in [2.24, 2.45) is 0 Å². The molecular weight excluding hydrogens is 460 g/mol. The normalized spacial score (nSPS) is 17.4. The lowest BCUT2D eigenvalue weighted by Crippen LogP contribution is -2.46. The van der Waals surface area contributed by atoms with E-state index in [1.807, 2.05) is 60.7 Å². The van der Waals surface area contributed by atoms with Crippen molar-refractivity contribution in [3.8, 4) is 0 Å². The Bertz CT molecular complexity index is 1300. The van der Waals surface area contributed by atoms with Gasteiger partial charge in [0.2, 0.25) is 0 Å². The minimum Gasteiger partial charge on any atom is -0.481 e. The van der Waals surface area contributed by atoms with Crippen LogP contribution in [0.1, 0.15) is 36.6 Å². The van der Waals surface area contributed by atoms with Crippen molar-refractivity contribution in [1.82, 2.24) is 10.3 Å². The van der Waals surface area contributed by atoms with Gasteiger partial charge in [0.15, 0.2) is 5.60 Å². The number of cyclic esters (lactones) is 1. The predicted molar refractivity (Wildman–Crippen MR) is 133 cm³/mol. The molecule has 1 aliphatic heterocycles. The molecule has 0 radical (unpaired) electrons. The largest absolute Gasteiger partial charge is 0.481 e. The molecule has 1 aliphatic rings. The first-order valence-electron chi connectivity index (χ1n) is 11.8. The standard InChI is InChI=1S/C28H28N2O6/c1-2-28(36-17-19-8-4-3-5-9-19)15-22(18-35-27(28)34)26(33)29-16-21-14-20-10-6-7-11-23(20)30-24(21)12-13-25(31)32/h3-11,14-15H,2,12-13,16-18H2,1H3,(H,29,33)(H,31,32). The summed E-state index contributed by atoms with van der Waals surface area (Å²) in [6.07, 6.45) is 2.05. The Hall–Kier alpha value is -4.04. The van der Waals surface area contributed by atoms with Gasteiger partial charge in [0, 0.05) is 24.0 Å². The van der Waals surface area contributed by atoms with Crippen LogP contribution in [-0.2, 0) is 43.4 Å². The highest BCUT2D eigenvalue weighted by Gasteiger charge is 2.42. The van der Waals surface area contributed by atoms with Gasteiger partial charge in [-0.05, 0) is 35.8 Å². The molecule has 36 heavy (non-hydrogen) atoms. The van der Waals surface area contributed by atoms with Crippen LogP contribution >= 0.6 is 0 Å². The first kappa shape index (κ1) is 25.1. The molecule has 1 atom stereocenters. The zero-order chi connectivity index (χ0) is 25.5. The maximum Gasteiger partial charge on any atom is 0.342 e. The number of para-hydroxylation sites is 1. The van der Waals surface area contributed by atoms with Crippen molar-refractivity contribution in [2.75, 3.05) is 6.61 Å². The van der Waals surface area contributed by atoms with E-state index in [9.17, 15) is 14.4 Å². The van der Waals surface area contributed by atoms with E-state index in [1.165, 1.54) is 0 Å². The van der Waals surface area contributed by atoms with Crippen molar-refractivity contribution < 1.29 is 29.0 Å². The Balaban J connectivity index is 1.51. The van der Waals surface area contributed by atoms with Crippen LogP contribution in [0.5, 0.6) is 0 Å². The molecule has 2 N–H and O–H groups in total. The fourth-order valence-electron chi connectivity index (χ4n) is 4.10. The number of carboxylic acids is 1. The molecule has 0 bridgehead atoms. The first-order valence-corrected chi connectivity index (χ1v) is 11.8. The number of benzene rings is 2. The monoisotopic (exact) mass is 488 g/mol. The van der Waals surface area contributed by atoms with Gasteiger partial charge in [0.1, 0.15) is 6.61 Å². The molecule has 0 saturated carbocycles. The van der Waals surface area contributed by atoms with Crippen molar-refractivity contribution in [2.45, 2.75) is 44.9 Å². The average Bonchev–Trinajstić information content (AvgIpc) is 2.90. The van der Waals surface area contributed by atoms with E-state index in [2.05, 4.69) is 10.3 Å². The van der Waals surface area contributed by atoms with Crippen LogP contribution in [0.15, 0.2) is 72.3 Å². The van der Waals surface area contributed by atoms with Crippen LogP contribution in [0.2, 0.25) is 0 Å². The highest BCUT2D eigenvalue weighted by molar-refractivity contribution is 5.97. The molecule has 186 valence electrons. The molecule has 8 heteroatoms. The molecule has 0 saturated heterocycles. The maximum atomic E-state index is 13.1. The van der Waals surface area contributed by atoms with Crippen LogP contribution in [0, 0.1) is 0 Å². The summed E-state index contributed by atoms with van der Waals surface area (Å²) < 4.78 is 11.3. The number of hydrogen-bond acceptors (Lipinski definition) is 6. The Labute approximate surface area is 208 Å². The van der Waals surface area contributed by atoms with Gasteiger partial charge in [-0.3, -0.25) is 14.6 Å². The fraction of sp³-hybridized carbons (Fsp3) is 0.286. The Morgan fingerprint density at radius 2 is 1.89 bits per heavy atom. The SMILES string of the molecule is CCC1(OCc2ccccc2)C=C(C(=O)NCc2cc3ccccc3nc2CCC(=O)O)COC1=O. The Morgan fingerprint density at radius 3 is 2.64 bits per heavy atom. The van der Waals surface area contributed by atoms with Crippen molar-refractivity contribution in [3.05, 3.63) is 89.1 Å². The number of nitrogens with zero attached hydrogens (tertiary/aromatic N) is 1. The van der Waals surface area contributed by atoms with E-state index in [1.54, 1.807) is 13.0 Å². The van der Waals surface area contributed by atoms with Gasteiger partial charge in [-0.25, -0.2) is 4.79 Å². The Kier molecular flexibility index (Phi) is 7.75. The predicted octanol–water partition coefficient (Wildman–Crippen LogP) is 3.72. The number of carboxylic acid groups (broad SMARTS) is 1. The van der Waals surface area contributed by atoms with Crippen LogP contribution in [-0.4, -0.2) is 40.1 Å². The fourth-order valence-corrected chi connectivity index (χ4v) is 4.10. The third-order valence-electron chi connectivity index (χ3n) is 6.18. The smallest absolute Gasteiger partial charge is 0.342 e. The molecule has 1 unspecified atom stereocenters. The number of carbonyl (C=O) groups excluding carboxylic acids is 2. The lowest BCUT2D eigenvalue weighted by Gasteiger charge is -2.32. The van der Waals surface area contributed by atoms with Crippen molar-refractivity contribution in [3.63, 3.8) is 0 Å². The van der Waals surface area contributed by atoms with Crippen LogP contribution in [0.4, 0.5) is 0 Å². The van der Waals surface area contributed by atoms with Gasteiger partial charge < -0.3 is 19.9 Å². The highest BCUT2D eigenvalue weighted by Crippen LogP contribution is 2.28. The minimum atomic E-state index is -1.35. The number of aliphatic carboxylic acids is 1. The molecule has 2 heterocycles. The van der Waals surface area contributed by atoms with Gasteiger partial charge in [0.25, 0.3) is 5.91 Å². The zero-order valence-corrected chi connectivity index (χ0v) is 20.0. The number of esters is 1. The Morgan fingerprint density at radius 1 is 1.14 bits per heavy atom. The molecule has 8 nitrogen and oxygen atoms in total. The second-order valence-corrected chi connectivity index (χ2v) is 8.63. The lowest BCUT2D eigenvalue weighted by atomic mass is 9.94. The van der Waals surface area contributed by atoms with Gasteiger partial charge in [-0.1, -0.05) is 55.5 Å². The molecule has 0 fully saturated rings. The van der Waals surface area contributed by atoms with E-state index >= 15 is 0 Å². The number of ether oxygens (including phenoxy) is 2. The lowest BCUT2D eigenvalue weighted by molar-refractivity contribution is -0.170. The average molecular weight is 489 g/mol. The van der Waals surface area contributed by atoms with Gasteiger partial charge in [0.05, 0.1) is 24.1 Å². The molecule has 0 aliphatic carbocycles. The highest BCUT2D eigenvalue weighted by atomic mass is 16.6. The summed E-state index contributed by atoms with van der Waals surface area (Å²) >= 11 is 0. The van der Waals surface area contributed by atoms with Crippen LogP contribution < -0.4 is 5.32 Å². The number of hydrogen-bond donors (Lipinski definition) is 2. The summed E-state index contributed by atoms with van der Waals surface area (Å²) in [6.45, 7) is 2.01. The summed E-state index contributed by atoms with van der Waals surface area (Å²) in [6, 6.07) is 18.9. The molecular formula is C28H28N2O6. The number of amides is 1. The summed E-state index contributed by atoms with van der Waals surface area (Å²) in [5.74, 6) is -1.83. The molecule has 4 rings (SSSR count). The van der Waals surface area contributed by atoms with Crippen LogP contribution in [0.25, 0.3) is 10.9 Å². The number of carbonyl (C=O) groups is 3. The van der Waals surface area contributed by atoms with E-state index < -0.39 is 17.5 Å². The number of aromatic nitrogens is 1. The van der Waals surface area contributed by atoms with Gasteiger partial charge in [-0.15, -0.1) is 0 Å². The van der Waals surface area contributed by atoms with Crippen molar-refractivity contribution in [1.29, 1.82) is 0 Å². The van der Waals surface area contributed by atoms with Gasteiger partial charge >= 0.3 is 11.9 Å². The maximum absolute atomic E-state index is 13.1. The molecule has 1 aromatic heterocycles. The second kappa shape index (κ2) is 11.1. The second-order valence-electron chi connectivity index (χ2n) is 8.63. The zero-order valence-electron chi connectivity index (χ0n) is 20.0. The summed E-state index contributed by atoms with van der Waals surface area (Å²) in [5, 5.41) is 12.9. The quantitative estimate of drug-likeness (QED) is 0.418. The number of rotatable bonds is 10. The third-order valence-corrected chi connectivity index (χ3v) is 6.18. The van der Waals surface area contributed by atoms with E-state index in [0.717, 1.165) is 22.0 Å². The minimum absolute atomic E-state index is 0.0643. The summed E-state index contributed by atoms with van der Waals surface area (Å²) in [7, 11) is 0. The number of pyridine rings is 1. The topological polar surface area (TPSA) is 115 Å². The number of aryl methyl sites for hydroxylation is 1. The summed E-state index contributed by atoms with van der Waals surface area (Å²) in [5.41, 5.74) is 1.97. The number of fused-ring (bicyclic) bond motifs is 1. The van der Waals surface area contributed by atoms with E-state index in [0.29, 0.717) is 17.7 Å². The van der Waals surface area contributed by atoms with E-state index in [-0.39, 0.29) is 38.5 Å². The molecule has 2 aromatic carbocycles. The third kappa shape index (κ3) is 5.78. The van der Waals surface area contributed by atoms with E-state index in [4.69, 9.17) is 14.6 Å². The molecule has 3 aromatic rings. The van der Waals surface area contributed by atoms with Crippen LogP contribution in [0.3, 0.4) is 0 Å². The van der Waals surface area contributed by atoms with Gasteiger partial charge in [-0.2, -0.15) is 0 Å².